The van der Waals surface area contributed by atoms with Crippen molar-refractivity contribution in [3.63, 3.8) is 0 Å². The molecule has 2 rings (SSSR count). The lowest BCUT2D eigenvalue weighted by Crippen LogP contribution is -1.77. The lowest BCUT2D eigenvalue weighted by molar-refractivity contribution is 1.43. The molecule has 0 bridgehead atoms. The van der Waals surface area contributed by atoms with Gasteiger partial charge in [0.15, 0.2) is 9.95 Å². The average molecular weight is 208 g/mol. The summed E-state index contributed by atoms with van der Waals surface area (Å²) in [5.41, 5.74) is 2.12. The summed E-state index contributed by atoms with van der Waals surface area (Å²) in [5, 5.41) is 17.7. The fraction of sp³-hybridized carbons (Fsp3) is 0. The normalized spacial score (nSPS) is 9.12. The van der Waals surface area contributed by atoms with Crippen molar-refractivity contribution in [2.24, 2.45) is 0 Å². The Bertz CT molecular complexity index is 591. The lowest BCUT2D eigenvalue weighted by atomic mass is 10.0. The van der Waals surface area contributed by atoms with Crippen LogP contribution in [0.1, 0.15) is 0 Å². The molecule has 0 aromatic heterocycles. The Morgan fingerprint density at radius 2 is 1.50 bits per heavy atom. The minimum atomic E-state index is 0.240. The molecular formula is C12H8N4+2. The molecule has 0 aliphatic rings. The third kappa shape index (κ3) is 1.60. The van der Waals surface area contributed by atoms with Crippen molar-refractivity contribution < 1.29 is 0 Å². The maximum Gasteiger partial charge on any atom is 0.486 e. The molecule has 0 saturated carbocycles. The Kier molecular flexibility index (Phi) is 2.58. The molecule has 0 aliphatic heterocycles. The Morgan fingerprint density at radius 1 is 0.750 bits per heavy atom. The molecule has 4 nitrogen and oxygen atoms in total. The zero-order valence-corrected chi connectivity index (χ0v) is 8.41. The van der Waals surface area contributed by atoms with Crippen molar-refractivity contribution >= 4 is 11.4 Å². The standard InChI is InChI=1S/C12H8N4/c13-15-11-8-4-7-10(12(11)16-14)9-5-2-1-3-6-9/h1-8H/q+2. The van der Waals surface area contributed by atoms with Crippen LogP contribution in [0, 0.1) is 10.8 Å². The summed E-state index contributed by atoms with van der Waals surface area (Å²) in [6, 6.07) is 14.6. The largest absolute Gasteiger partial charge is 0.486 e. The van der Waals surface area contributed by atoms with Crippen LogP contribution in [0.15, 0.2) is 48.5 Å². The van der Waals surface area contributed by atoms with Crippen LogP contribution in [0.5, 0.6) is 0 Å². The van der Waals surface area contributed by atoms with E-state index in [0.717, 1.165) is 11.1 Å². The third-order valence-corrected chi connectivity index (χ3v) is 2.31. The molecule has 0 N–H and O–H groups in total. The monoisotopic (exact) mass is 208 g/mol. The van der Waals surface area contributed by atoms with E-state index in [0.29, 0.717) is 0 Å². The Hall–Kier alpha value is -2.72. The molecule has 2 aromatic rings. The lowest BCUT2D eigenvalue weighted by Gasteiger charge is -1.95. The van der Waals surface area contributed by atoms with Crippen LogP contribution in [-0.4, -0.2) is 0 Å². The van der Waals surface area contributed by atoms with Gasteiger partial charge in [-0.05, 0) is 11.6 Å². The Morgan fingerprint density at radius 3 is 2.12 bits per heavy atom. The average Bonchev–Trinajstić information content (AvgIpc) is 2.38. The highest BCUT2D eigenvalue weighted by Crippen LogP contribution is 2.38. The molecule has 0 amide bonds. The molecule has 0 atom stereocenters. The highest BCUT2D eigenvalue weighted by Gasteiger charge is 2.30. The molecule has 2 aromatic carbocycles. The van der Waals surface area contributed by atoms with E-state index in [1.165, 1.54) is 0 Å². The minimum Gasteiger partial charge on any atom is -0.0622 e. The summed E-state index contributed by atoms with van der Waals surface area (Å²) in [5.74, 6) is 0. The summed E-state index contributed by atoms with van der Waals surface area (Å²) >= 11 is 0. The number of hydrogen-bond acceptors (Lipinski definition) is 2. The van der Waals surface area contributed by atoms with Crippen LogP contribution in [0.4, 0.5) is 11.4 Å². The van der Waals surface area contributed by atoms with Gasteiger partial charge in [0, 0.05) is 6.07 Å². The van der Waals surface area contributed by atoms with E-state index in [2.05, 4.69) is 9.95 Å². The van der Waals surface area contributed by atoms with Crippen LogP contribution in [-0.2, 0) is 0 Å². The molecule has 16 heavy (non-hydrogen) atoms. The second kappa shape index (κ2) is 4.20. The fourth-order valence-electron chi connectivity index (χ4n) is 1.57. The number of diazo groups is 2. The first-order valence-electron chi connectivity index (χ1n) is 4.75. The molecule has 74 valence electrons. The number of nitrogens with zero attached hydrogens (tertiary/aromatic N) is 4. The van der Waals surface area contributed by atoms with E-state index in [1.807, 2.05) is 30.3 Å². The van der Waals surface area contributed by atoms with Crippen LogP contribution >= 0.6 is 0 Å². The molecular weight excluding hydrogens is 200 g/mol. The van der Waals surface area contributed by atoms with Gasteiger partial charge in [0.05, 0.1) is 5.56 Å². The van der Waals surface area contributed by atoms with E-state index < -0.39 is 0 Å². The fourth-order valence-corrected chi connectivity index (χ4v) is 1.57. The molecule has 0 saturated heterocycles. The number of hydrogen-bond donors (Lipinski definition) is 0. The smallest absolute Gasteiger partial charge is 0.0622 e. The molecule has 0 fully saturated rings. The summed E-state index contributed by atoms with van der Waals surface area (Å²) in [6.45, 7) is 0. The summed E-state index contributed by atoms with van der Waals surface area (Å²) < 4.78 is 0. The zero-order valence-electron chi connectivity index (χ0n) is 8.41. The SMILES string of the molecule is N#[N+]c1cccc(-c2ccccc2)c1[N+]#N. The molecule has 0 aliphatic carbocycles. The van der Waals surface area contributed by atoms with Crippen LogP contribution in [0.3, 0.4) is 0 Å². The molecule has 0 unspecified atom stereocenters. The zero-order chi connectivity index (χ0) is 11.4. The highest BCUT2D eigenvalue weighted by molar-refractivity contribution is 5.87. The van der Waals surface area contributed by atoms with Crippen molar-refractivity contribution in [3.05, 3.63) is 58.5 Å². The second-order valence-corrected chi connectivity index (χ2v) is 3.24. The Labute approximate surface area is 92.4 Å². The minimum absolute atomic E-state index is 0.240. The van der Waals surface area contributed by atoms with Crippen LogP contribution in [0.25, 0.3) is 21.1 Å². The van der Waals surface area contributed by atoms with E-state index >= 15 is 0 Å². The van der Waals surface area contributed by atoms with Gasteiger partial charge in [-0.1, -0.05) is 36.4 Å². The van der Waals surface area contributed by atoms with Crippen molar-refractivity contribution in [1.29, 1.82) is 10.8 Å². The first-order chi connectivity index (χ1) is 7.86. The number of benzene rings is 2. The summed E-state index contributed by atoms with van der Waals surface area (Å²) in [4.78, 5) is 6.24. The van der Waals surface area contributed by atoms with Crippen LogP contribution < -0.4 is 0 Å². The Balaban J connectivity index is 2.69. The van der Waals surface area contributed by atoms with Gasteiger partial charge >= 0.3 is 11.4 Å². The topological polar surface area (TPSA) is 56.3 Å². The summed E-state index contributed by atoms with van der Waals surface area (Å²) in [7, 11) is 0. The summed E-state index contributed by atoms with van der Waals surface area (Å²) in [6.07, 6.45) is 0. The van der Waals surface area contributed by atoms with E-state index in [9.17, 15) is 0 Å². The van der Waals surface area contributed by atoms with Gasteiger partial charge in [-0.3, -0.25) is 0 Å². The quantitative estimate of drug-likeness (QED) is 0.655. The van der Waals surface area contributed by atoms with Crippen molar-refractivity contribution in [2.45, 2.75) is 0 Å². The van der Waals surface area contributed by atoms with Gasteiger partial charge in [0.25, 0.3) is 0 Å². The van der Waals surface area contributed by atoms with Gasteiger partial charge in [0.1, 0.15) is 0 Å². The molecule has 0 spiro atoms. The number of rotatable bonds is 1. The van der Waals surface area contributed by atoms with Gasteiger partial charge in [-0.25, -0.2) is 0 Å². The van der Waals surface area contributed by atoms with Gasteiger partial charge in [-0.15, -0.1) is 0 Å². The predicted octanol–water partition coefficient (Wildman–Crippen LogP) is 4.32. The maximum absolute atomic E-state index is 8.95. The van der Waals surface area contributed by atoms with Crippen LogP contribution in [0.2, 0.25) is 0 Å². The predicted molar refractivity (Wildman–Crippen MR) is 61.4 cm³/mol. The van der Waals surface area contributed by atoms with E-state index in [4.69, 9.17) is 10.8 Å². The highest BCUT2D eigenvalue weighted by atomic mass is 14.9. The molecule has 4 heteroatoms. The van der Waals surface area contributed by atoms with Gasteiger partial charge < -0.3 is 0 Å². The first kappa shape index (κ1) is 9.82. The third-order valence-electron chi connectivity index (χ3n) is 2.31. The van der Waals surface area contributed by atoms with Crippen molar-refractivity contribution in [2.75, 3.05) is 0 Å². The first-order valence-corrected chi connectivity index (χ1v) is 4.75. The van der Waals surface area contributed by atoms with E-state index in [-0.39, 0.29) is 11.4 Å². The second-order valence-electron chi connectivity index (χ2n) is 3.24. The van der Waals surface area contributed by atoms with Crippen molar-refractivity contribution in [1.82, 2.24) is 0 Å². The molecule has 0 heterocycles. The van der Waals surface area contributed by atoms with Gasteiger partial charge in [-0.2, -0.15) is 0 Å². The van der Waals surface area contributed by atoms with Crippen molar-refractivity contribution in [3.8, 4) is 11.1 Å². The molecule has 0 radical (unpaired) electrons. The van der Waals surface area contributed by atoms with Gasteiger partial charge in [0.2, 0.25) is 10.8 Å². The maximum atomic E-state index is 8.95. The van der Waals surface area contributed by atoms with E-state index in [1.54, 1.807) is 18.2 Å².